The SMILES string of the molecule is C=CCN(C)C1CCCCC1Cl. The quantitative estimate of drug-likeness (QED) is 0.485. The molecule has 1 fully saturated rings. The van der Waals surface area contributed by atoms with Crippen LogP contribution in [0, 0.1) is 0 Å². The molecule has 2 atom stereocenters. The third-order valence-electron chi connectivity index (χ3n) is 2.63. The molecule has 0 spiro atoms. The molecule has 0 radical (unpaired) electrons. The summed E-state index contributed by atoms with van der Waals surface area (Å²) in [6, 6.07) is 0.568. The Morgan fingerprint density at radius 2 is 2.17 bits per heavy atom. The zero-order valence-electron chi connectivity index (χ0n) is 7.80. The van der Waals surface area contributed by atoms with Gasteiger partial charge in [-0.1, -0.05) is 18.9 Å². The van der Waals surface area contributed by atoms with E-state index in [1.807, 2.05) is 6.08 Å². The molecule has 0 aromatic heterocycles. The van der Waals surface area contributed by atoms with Crippen molar-refractivity contribution in [1.82, 2.24) is 4.90 Å². The molecule has 12 heavy (non-hydrogen) atoms. The maximum absolute atomic E-state index is 6.24. The van der Waals surface area contributed by atoms with E-state index in [1.165, 1.54) is 25.7 Å². The molecule has 0 heterocycles. The Bertz CT molecular complexity index is 147. The van der Waals surface area contributed by atoms with Gasteiger partial charge in [0, 0.05) is 18.0 Å². The summed E-state index contributed by atoms with van der Waals surface area (Å²) < 4.78 is 0. The van der Waals surface area contributed by atoms with Crippen LogP contribution in [0.3, 0.4) is 0 Å². The highest BCUT2D eigenvalue weighted by molar-refractivity contribution is 6.21. The smallest absolute Gasteiger partial charge is 0.0491 e. The van der Waals surface area contributed by atoms with E-state index in [1.54, 1.807) is 0 Å². The largest absolute Gasteiger partial charge is 0.298 e. The van der Waals surface area contributed by atoms with E-state index in [0.717, 1.165) is 6.54 Å². The third kappa shape index (κ3) is 2.49. The maximum atomic E-state index is 6.24. The molecule has 1 rings (SSSR count). The molecular weight excluding hydrogens is 170 g/mol. The van der Waals surface area contributed by atoms with Crippen molar-refractivity contribution >= 4 is 11.6 Å². The van der Waals surface area contributed by atoms with E-state index in [-0.39, 0.29) is 0 Å². The predicted octanol–water partition coefficient (Wildman–Crippen LogP) is 2.65. The molecule has 1 aliphatic rings. The minimum absolute atomic E-state index is 0.351. The van der Waals surface area contributed by atoms with Crippen LogP contribution in [0.2, 0.25) is 0 Å². The molecule has 0 N–H and O–H groups in total. The lowest BCUT2D eigenvalue weighted by Crippen LogP contribution is -2.40. The first-order valence-electron chi connectivity index (χ1n) is 4.71. The Kier molecular flexibility index (Phi) is 4.10. The summed E-state index contributed by atoms with van der Waals surface area (Å²) in [6.45, 7) is 4.69. The van der Waals surface area contributed by atoms with Crippen LogP contribution in [0.1, 0.15) is 25.7 Å². The van der Waals surface area contributed by atoms with Gasteiger partial charge in [0.15, 0.2) is 0 Å². The Morgan fingerprint density at radius 3 is 2.75 bits per heavy atom. The van der Waals surface area contributed by atoms with E-state index in [4.69, 9.17) is 11.6 Å². The summed E-state index contributed by atoms with van der Waals surface area (Å²) in [7, 11) is 2.13. The van der Waals surface area contributed by atoms with Gasteiger partial charge >= 0.3 is 0 Å². The molecule has 0 amide bonds. The highest BCUT2D eigenvalue weighted by atomic mass is 35.5. The Balaban J connectivity index is 2.41. The molecular formula is C10H18ClN. The van der Waals surface area contributed by atoms with Gasteiger partial charge in [0.1, 0.15) is 0 Å². The summed E-state index contributed by atoms with van der Waals surface area (Å²) in [5.74, 6) is 0. The van der Waals surface area contributed by atoms with Gasteiger partial charge in [-0.25, -0.2) is 0 Å². The van der Waals surface area contributed by atoms with Gasteiger partial charge < -0.3 is 0 Å². The average molecular weight is 188 g/mol. The van der Waals surface area contributed by atoms with Gasteiger partial charge in [0.25, 0.3) is 0 Å². The fraction of sp³-hybridized carbons (Fsp3) is 0.800. The van der Waals surface area contributed by atoms with Crippen molar-refractivity contribution in [3.05, 3.63) is 12.7 Å². The van der Waals surface area contributed by atoms with Gasteiger partial charge in [0.05, 0.1) is 0 Å². The molecule has 1 nitrogen and oxygen atoms in total. The van der Waals surface area contributed by atoms with Crippen molar-refractivity contribution in [3.63, 3.8) is 0 Å². The maximum Gasteiger partial charge on any atom is 0.0491 e. The van der Waals surface area contributed by atoms with Crippen molar-refractivity contribution in [3.8, 4) is 0 Å². The Morgan fingerprint density at radius 1 is 1.50 bits per heavy atom. The number of nitrogens with zero attached hydrogens (tertiary/aromatic N) is 1. The van der Waals surface area contributed by atoms with E-state index >= 15 is 0 Å². The van der Waals surface area contributed by atoms with Crippen LogP contribution in [0.25, 0.3) is 0 Å². The standard InChI is InChI=1S/C10H18ClN/c1-3-8-12(2)10-7-5-4-6-9(10)11/h3,9-10H,1,4-8H2,2H3. The van der Waals surface area contributed by atoms with E-state index < -0.39 is 0 Å². The lowest BCUT2D eigenvalue weighted by atomic mass is 9.94. The molecule has 1 aliphatic carbocycles. The summed E-state index contributed by atoms with van der Waals surface area (Å²) >= 11 is 6.24. The predicted molar refractivity (Wildman–Crippen MR) is 54.7 cm³/mol. The normalized spacial score (nSPS) is 30.6. The summed E-state index contributed by atoms with van der Waals surface area (Å²) in [6.07, 6.45) is 6.99. The third-order valence-corrected chi connectivity index (χ3v) is 3.14. The molecule has 0 saturated heterocycles. The van der Waals surface area contributed by atoms with Crippen molar-refractivity contribution in [2.75, 3.05) is 13.6 Å². The van der Waals surface area contributed by atoms with Crippen molar-refractivity contribution in [2.24, 2.45) is 0 Å². The highest BCUT2D eigenvalue weighted by Crippen LogP contribution is 2.26. The van der Waals surface area contributed by atoms with Gasteiger partial charge in [-0.2, -0.15) is 0 Å². The average Bonchev–Trinajstić information content (AvgIpc) is 2.05. The molecule has 2 unspecified atom stereocenters. The summed E-state index contributed by atoms with van der Waals surface area (Å²) in [4.78, 5) is 2.31. The van der Waals surface area contributed by atoms with E-state index in [2.05, 4.69) is 18.5 Å². The zero-order chi connectivity index (χ0) is 8.97. The lowest BCUT2D eigenvalue weighted by molar-refractivity contribution is 0.213. The topological polar surface area (TPSA) is 3.24 Å². The first-order chi connectivity index (χ1) is 5.75. The molecule has 2 heteroatoms. The fourth-order valence-corrected chi connectivity index (χ4v) is 2.37. The summed E-state index contributed by atoms with van der Waals surface area (Å²) in [5.41, 5.74) is 0. The number of alkyl halides is 1. The molecule has 0 aliphatic heterocycles. The van der Waals surface area contributed by atoms with Crippen LogP contribution in [-0.4, -0.2) is 29.9 Å². The number of likely N-dealkylation sites (N-methyl/N-ethyl adjacent to an activating group) is 1. The van der Waals surface area contributed by atoms with Crippen molar-refractivity contribution in [2.45, 2.75) is 37.1 Å². The van der Waals surface area contributed by atoms with Gasteiger partial charge in [-0.15, -0.1) is 18.2 Å². The number of rotatable bonds is 3. The first-order valence-corrected chi connectivity index (χ1v) is 5.14. The van der Waals surface area contributed by atoms with E-state index in [0.29, 0.717) is 11.4 Å². The van der Waals surface area contributed by atoms with Crippen LogP contribution in [0.5, 0.6) is 0 Å². The second-order valence-corrected chi connectivity index (χ2v) is 4.16. The number of hydrogen-bond donors (Lipinski definition) is 0. The van der Waals surface area contributed by atoms with Gasteiger partial charge in [-0.3, -0.25) is 4.90 Å². The monoisotopic (exact) mass is 187 g/mol. The van der Waals surface area contributed by atoms with E-state index in [9.17, 15) is 0 Å². The lowest BCUT2D eigenvalue weighted by Gasteiger charge is -2.34. The van der Waals surface area contributed by atoms with Gasteiger partial charge in [0.2, 0.25) is 0 Å². The van der Waals surface area contributed by atoms with Crippen molar-refractivity contribution in [1.29, 1.82) is 0 Å². The second-order valence-electron chi connectivity index (χ2n) is 3.60. The molecule has 0 bridgehead atoms. The fourth-order valence-electron chi connectivity index (χ4n) is 1.90. The van der Waals surface area contributed by atoms with Crippen molar-refractivity contribution < 1.29 is 0 Å². The Hall–Kier alpha value is -0.0100. The zero-order valence-corrected chi connectivity index (χ0v) is 8.56. The number of halogens is 1. The molecule has 1 saturated carbocycles. The number of hydrogen-bond acceptors (Lipinski definition) is 1. The molecule has 70 valence electrons. The van der Waals surface area contributed by atoms with Crippen LogP contribution >= 0.6 is 11.6 Å². The minimum Gasteiger partial charge on any atom is -0.298 e. The van der Waals surface area contributed by atoms with Crippen LogP contribution in [0.15, 0.2) is 12.7 Å². The second kappa shape index (κ2) is 4.88. The molecule has 0 aromatic rings. The summed E-state index contributed by atoms with van der Waals surface area (Å²) in [5, 5.41) is 0.351. The highest BCUT2D eigenvalue weighted by Gasteiger charge is 2.25. The van der Waals surface area contributed by atoms with Crippen LogP contribution in [-0.2, 0) is 0 Å². The van der Waals surface area contributed by atoms with Crippen LogP contribution in [0.4, 0.5) is 0 Å². The molecule has 0 aromatic carbocycles. The Labute approximate surface area is 80.4 Å². The first kappa shape index (κ1) is 10.1. The minimum atomic E-state index is 0.351. The van der Waals surface area contributed by atoms with Crippen LogP contribution < -0.4 is 0 Å². The van der Waals surface area contributed by atoms with Gasteiger partial charge in [-0.05, 0) is 19.9 Å².